The summed E-state index contributed by atoms with van der Waals surface area (Å²) in [5.74, 6) is -1.55. The van der Waals surface area contributed by atoms with E-state index < -0.39 is 17.7 Å². The second-order valence-corrected chi connectivity index (χ2v) is 9.03. The maximum absolute atomic E-state index is 12.3. The Morgan fingerprint density at radius 2 is 1.70 bits per heavy atom. The molecule has 0 radical (unpaired) electrons. The number of para-hydroxylation sites is 2. The van der Waals surface area contributed by atoms with Crippen molar-refractivity contribution in [2.24, 2.45) is 5.10 Å². The summed E-state index contributed by atoms with van der Waals surface area (Å²) < 4.78 is 11.5. The lowest BCUT2D eigenvalue weighted by Gasteiger charge is -2.14. The quantitative estimate of drug-likeness (QED) is 0.198. The standard InChI is InChI=1S/C26H24BrClN4O5/c1-15-7-6-8-16(2)23(15)31-25(34)26(35)32-29-13-17-11-18(27)24(21(12-17)36-3)37-14-22(33)30-20-10-5-4-9-19(20)28/h4-13H,14H2,1-3H3,(H,30,33)(H,31,34)(H,32,35)/b29-13-. The largest absolute Gasteiger partial charge is 0.493 e. The number of hydrogen-bond acceptors (Lipinski definition) is 6. The van der Waals surface area contributed by atoms with Gasteiger partial charge < -0.3 is 20.1 Å². The van der Waals surface area contributed by atoms with Gasteiger partial charge in [0.2, 0.25) is 0 Å². The molecule has 0 saturated heterocycles. The highest BCUT2D eigenvalue weighted by atomic mass is 79.9. The molecule has 0 fully saturated rings. The fourth-order valence-electron chi connectivity index (χ4n) is 3.24. The average Bonchev–Trinajstić information content (AvgIpc) is 2.86. The molecule has 3 rings (SSSR count). The molecule has 37 heavy (non-hydrogen) atoms. The highest BCUT2D eigenvalue weighted by Crippen LogP contribution is 2.36. The Morgan fingerprint density at radius 3 is 2.38 bits per heavy atom. The van der Waals surface area contributed by atoms with E-state index in [-0.39, 0.29) is 6.61 Å². The zero-order chi connectivity index (χ0) is 26.9. The molecule has 192 valence electrons. The van der Waals surface area contributed by atoms with Gasteiger partial charge in [-0.15, -0.1) is 0 Å². The smallest absolute Gasteiger partial charge is 0.329 e. The Balaban J connectivity index is 1.60. The number of hydrazone groups is 1. The Bertz CT molecular complexity index is 1340. The van der Waals surface area contributed by atoms with Gasteiger partial charge in [-0.2, -0.15) is 5.10 Å². The molecule has 0 saturated carbocycles. The molecule has 0 bridgehead atoms. The third-order valence-corrected chi connectivity index (χ3v) is 5.97. The first kappa shape index (κ1) is 27.7. The fourth-order valence-corrected chi connectivity index (χ4v) is 4.00. The van der Waals surface area contributed by atoms with Crippen LogP contribution in [0.4, 0.5) is 11.4 Å². The SMILES string of the molecule is COc1cc(/C=N\NC(=O)C(=O)Nc2c(C)cccc2C)cc(Br)c1OCC(=O)Nc1ccccc1Cl. The van der Waals surface area contributed by atoms with Crippen LogP contribution in [-0.2, 0) is 14.4 Å². The lowest BCUT2D eigenvalue weighted by molar-refractivity contribution is -0.136. The number of halogens is 2. The Hall–Kier alpha value is -3.89. The molecule has 0 aliphatic heterocycles. The minimum absolute atomic E-state index is 0.293. The minimum atomic E-state index is -0.922. The van der Waals surface area contributed by atoms with Crippen LogP contribution in [-0.4, -0.2) is 37.7 Å². The topological polar surface area (TPSA) is 118 Å². The number of carbonyl (C=O) groups is 3. The van der Waals surface area contributed by atoms with Gasteiger partial charge in [0.15, 0.2) is 18.1 Å². The number of benzene rings is 3. The second-order valence-electron chi connectivity index (χ2n) is 7.77. The van der Waals surface area contributed by atoms with E-state index in [4.69, 9.17) is 21.1 Å². The van der Waals surface area contributed by atoms with E-state index in [1.807, 2.05) is 32.0 Å². The molecular weight excluding hydrogens is 564 g/mol. The molecule has 3 aromatic rings. The zero-order valence-corrected chi connectivity index (χ0v) is 22.6. The predicted octanol–water partition coefficient (Wildman–Crippen LogP) is 4.83. The lowest BCUT2D eigenvalue weighted by Crippen LogP contribution is -2.32. The first-order valence-corrected chi connectivity index (χ1v) is 12.1. The van der Waals surface area contributed by atoms with Gasteiger partial charge in [0.05, 0.1) is 28.5 Å². The number of methoxy groups -OCH3 is 1. The molecule has 0 aliphatic rings. The van der Waals surface area contributed by atoms with Crippen molar-refractivity contribution in [1.82, 2.24) is 5.43 Å². The van der Waals surface area contributed by atoms with Gasteiger partial charge in [-0.3, -0.25) is 14.4 Å². The van der Waals surface area contributed by atoms with Crippen LogP contribution in [0.2, 0.25) is 5.02 Å². The second kappa shape index (κ2) is 12.9. The van der Waals surface area contributed by atoms with Crippen LogP contribution in [0.25, 0.3) is 0 Å². The molecule has 0 unspecified atom stereocenters. The van der Waals surface area contributed by atoms with Crippen LogP contribution >= 0.6 is 27.5 Å². The number of aryl methyl sites for hydroxylation is 2. The summed E-state index contributed by atoms with van der Waals surface area (Å²) in [7, 11) is 1.44. The number of nitrogens with zero attached hydrogens (tertiary/aromatic N) is 1. The summed E-state index contributed by atoms with van der Waals surface area (Å²) in [5, 5.41) is 9.52. The van der Waals surface area contributed by atoms with Crippen molar-refractivity contribution in [3.8, 4) is 11.5 Å². The minimum Gasteiger partial charge on any atom is -0.493 e. The van der Waals surface area contributed by atoms with Gasteiger partial charge in [0, 0.05) is 5.69 Å². The van der Waals surface area contributed by atoms with Gasteiger partial charge in [-0.05, 0) is 70.7 Å². The molecule has 0 atom stereocenters. The van der Waals surface area contributed by atoms with E-state index in [1.165, 1.54) is 13.3 Å². The van der Waals surface area contributed by atoms with Crippen molar-refractivity contribution in [2.45, 2.75) is 13.8 Å². The van der Waals surface area contributed by atoms with Crippen LogP contribution in [0, 0.1) is 13.8 Å². The Morgan fingerprint density at radius 1 is 1.00 bits per heavy atom. The molecule has 0 aliphatic carbocycles. The lowest BCUT2D eigenvalue weighted by atomic mass is 10.1. The summed E-state index contributed by atoms with van der Waals surface area (Å²) in [5.41, 5.74) is 5.46. The van der Waals surface area contributed by atoms with Gasteiger partial charge in [-0.1, -0.05) is 41.9 Å². The van der Waals surface area contributed by atoms with E-state index in [0.29, 0.717) is 37.9 Å². The van der Waals surface area contributed by atoms with Crippen molar-refractivity contribution in [1.29, 1.82) is 0 Å². The maximum atomic E-state index is 12.3. The molecule has 9 nitrogen and oxygen atoms in total. The number of anilines is 2. The number of ether oxygens (including phenoxy) is 2. The fraction of sp³-hybridized carbons (Fsp3) is 0.154. The van der Waals surface area contributed by atoms with Crippen molar-refractivity contribution in [2.75, 3.05) is 24.4 Å². The predicted molar refractivity (Wildman–Crippen MR) is 147 cm³/mol. The Labute approximate surface area is 227 Å². The van der Waals surface area contributed by atoms with Gasteiger partial charge >= 0.3 is 11.8 Å². The van der Waals surface area contributed by atoms with Crippen molar-refractivity contribution < 1.29 is 23.9 Å². The van der Waals surface area contributed by atoms with E-state index in [1.54, 1.807) is 36.4 Å². The molecule has 3 aromatic carbocycles. The highest BCUT2D eigenvalue weighted by molar-refractivity contribution is 9.10. The first-order chi connectivity index (χ1) is 17.7. The van der Waals surface area contributed by atoms with Gasteiger partial charge in [-0.25, -0.2) is 5.43 Å². The van der Waals surface area contributed by atoms with Crippen molar-refractivity contribution >= 4 is 62.8 Å². The third kappa shape index (κ3) is 7.55. The number of hydrogen-bond donors (Lipinski definition) is 3. The molecule has 11 heteroatoms. The van der Waals surface area contributed by atoms with E-state index in [9.17, 15) is 14.4 Å². The summed E-state index contributed by atoms with van der Waals surface area (Å²) >= 11 is 9.45. The van der Waals surface area contributed by atoms with Crippen LogP contribution < -0.4 is 25.5 Å². The maximum Gasteiger partial charge on any atom is 0.329 e. The van der Waals surface area contributed by atoms with Gasteiger partial charge in [0.1, 0.15) is 0 Å². The normalized spacial score (nSPS) is 10.6. The molecule has 0 spiro atoms. The van der Waals surface area contributed by atoms with Crippen LogP contribution in [0.5, 0.6) is 11.5 Å². The van der Waals surface area contributed by atoms with Crippen LogP contribution in [0.3, 0.4) is 0 Å². The van der Waals surface area contributed by atoms with Crippen LogP contribution in [0.1, 0.15) is 16.7 Å². The monoisotopic (exact) mass is 586 g/mol. The summed E-state index contributed by atoms with van der Waals surface area (Å²) in [6.07, 6.45) is 1.34. The van der Waals surface area contributed by atoms with Crippen molar-refractivity contribution in [3.05, 3.63) is 80.8 Å². The van der Waals surface area contributed by atoms with Gasteiger partial charge in [0.25, 0.3) is 5.91 Å². The highest BCUT2D eigenvalue weighted by Gasteiger charge is 2.16. The average molecular weight is 588 g/mol. The number of amides is 3. The molecule has 0 aromatic heterocycles. The molecular formula is C26H24BrClN4O5. The third-order valence-electron chi connectivity index (χ3n) is 5.05. The zero-order valence-electron chi connectivity index (χ0n) is 20.2. The summed E-state index contributed by atoms with van der Waals surface area (Å²) in [4.78, 5) is 36.7. The number of nitrogens with one attached hydrogen (secondary N) is 3. The van der Waals surface area contributed by atoms with Crippen LogP contribution in [0.15, 0.2) is 64.2 Å². The molecule has 0 heterocycles. The molecule has 3 amide bonds. The summed E-state index contributed by atoms with van der Waals surface area (Å²) in [6.45, 7) is 3.38. The molecule has 3 N–H and O–H groups in total. The number of carbonyl (C=O) groups excluding carboxylic acids is 3. The van der Waals surface area contributed by atoms with E-state index in [2.05, 4.69) is 37.1 Å². The number of rotatable bonds is 8. The Kier molecular flexibility index (Phi) is 9.64. The van der Waals surface area contributed by atoms with E-state index >= 15 is 0 Å². The van der Waals surface area contributed by atoms with Crippen molar-refractivity contribution in [3.63, 3.8) is 0 Å². The summed E-state index contributed by atoms with van der Waals surface area (Å²) in [6, 6.07) is 15.6. The van der Waals surface area contributed by atoms with E-state index in [0.717, 1.165) is 11.1 Å². The first-order valence-electron chi connectivity index (χ1n) is 10.9.